The highest BCUT2D eigenvalue weighted by Gasteiger charge is 2.41. The molecule has 1 rings (SSSR count). The van der Waals surface area contributed by atoms with Gasteiger partial charge in [-0.3, -0.25) is 9.36 Å². The monoisotopic (exact) mass is 343 g/mol. The van der Waals surface area contributed by atoms with E-state index >= 15 is 0 Å². The van der Waals surface area contributed by atoms with Gasteiger partial charge < -0.3 is 25.4 Å². The van der Waals surface area contributed by atoms with Crippen LogP contribution in [0, 0.1) is 6.92 Å². The van der Waals surface area contributed by atoms with E-state index in [0.29, 0.717) is 5.69 Å². The molecule has 0 heterocycles. The lowest BCUT2D eigenvalue weighted by atomic mass is 10.2. The van der Waals surface area contributed by atoms with Gasteiger partial charge in [-0.1, -0.05) is 17.7 Å². The van der Waals surface area contributed by atoms with Crippen molar-refractivity contribution in [2.24, 2.45) is 5.73 Å². The second-order valence-electron chi connectivity index (χ2n) is 4.64. The van der Waals surface area contributed by atoms with Gasteiger partial charge in [0.15, 0.2) is 0 Å². The minimum Gasteiger partial charge on any atom is -0.367 e. The molecular formula is C14H22N3O5P. The Kier molecular flexibility index (Phi) is 7.22. The lowest BCUT2D eigenvalue weighted by Gasteiger charge is -2.24. The van der Waals surface area contributed by atoms with Crippen LogP contribution in [0.4, 0.5) is 10.5 Å². The molecule has 0 aromatic heterocycles. The predicted molar refractivity (Wildman–Crippen MR) is 87.2 cm³/mol. The molecule has 0 saturated carbocycles. The van der Waals surface area contributed by atoms with Crippen LogP contribution in [0.5, 0.6) is 0 Å². The Balaban J connectivity index is 2.85. The molecule has 9 heteroatoms. The average molecular weight is 343 g/mol. The first-order valence-corrected chi connectivity index (χ1v) is 8.75. The van der Waals surface area contributed by atoms with Crippen molar-refractivity contribution in [2.45, 2.75) is 26.6 Å². The zero-order valence-corrected chi connectivity index (χ0v) is 14.3. The first-order valence-electron chi connectivity index (χ1n) is 7.14. The van der Waals surface area contributed by atoms with E-state index in [-0.39, 0.29) is 13.2 Å². The highest BCUT2D eigenvalue weighted by atomic mass is 31.2. The highest BCUT2D eigenvalue weighted by Crippen LogP contribution is 2.51. The average Bonchev–Trinajstić information content (AvgIpc) is 2.47. The summed E-state index contributed by atoms with van der Waals surface area (Å²) in [5, 5.41) is 4.77. The first kappa shape index (κ1) is 19.2. The van der Waals surface area contributed by atoms with Gasteiger partial charge in [-0.25, -0.2) is 4.79 Å². The smallest absolute Gasteiger partial charge is 0.362 e. The van der Waals surface area contributed by atoms with Crippen molar-refractivity contribution in [1.29, 1.82) is 0 Å². The molecule has 0 aliphatic heterocycles. The topological polar surface area (TPSA) is 120 Å². The van der Waals surface area contributed by atoms with Crippen molar-refractivity contribution in [3.8, 4) is 0 Å². The molecule has 0 aliphatic rings. The predicted octanol–water partition coefficient (Wildman–Crippen LogP) is 2.19. The quantitative estimate of drug-likeness (QED) is 0.625. The number of urea groups is 1. The van der Waals surface area contributed by atoms with Gasteiger partial charge in [0.1, 0.15) is 0 Å². The van der Waals surface area contributed by atoms with E-state index in [9.17, 15) is 14.2 Å². The van der Waals surface area contributed by atoms with E-state index in [1.54, 1.807) is 26.0 Å². The largest absolute Gasteiger partial charge is 0.367 e. The van der Waals surface area contributed by atoms with E-state index < -0.39 is 25.3 Å². The molecule has 23 heavy (non-hydrogen) atoms. The van der Waals surface area contributed by atoms with Crippen molar-refractivity contribution < 1.29 is 23.2 Å². The van der Waals surface area contributed by atoms with Crippen molar-refractivity contribution in [3.63, 3.8) is 0 Å². The van der Waals surface area contributed by atoms with Crippen molar-refractivity contribution in [1.82, 2.24) is 5.32 Å². The summed E-state index contributed by atoms with van der Waals surface area (Å²) < 4.78 is 22.7. The molecule has 0 aliphatic carbocycles. The molecule has 3 amide bonds. The van der Waals surface area contributed by atoms with Gasteiger partial charge in [-0.05, 0) is 32.9 Å². The molecule has 1 aromatic rings. The molecule has 0 unspecified atom stereocenters. The first-order chi connectivity index (χ1) is 10.8. The molecule has 1 atom stereocenters. The number of anilines is 1. The van der Waals surface area contributed by atoms with Crippen LogP contribution in [0.25, 0.3) is 0 Å². The summed E-state index contributed by atoms with van der Waals surface area (Å²) in [7, 11) is -3.90. The van der Waals surface area contributed by atoms with E-state index in [1.165, 1.54) is 0 Å². The summed E-state index contributed by atoms with van der Waals surface area (Å²) in [5.74, 6) is -2.58. The van der Waals surface area contributed by atoms with Gasteiger partial charge in [0.05, 0.1) is 13.2 Å². The standard InChI is InChI=1S/C14H22N3O5P/c1-4-21-23(20,22-5-2)13(12(15)18)17-14(19)16-11-8-6-10(3)7-9-11/h6-9,13H,4-5H2,1-3H3,(H2,15,18)(H2,16,17,19)/t13-/m1/s1. The van der Waals surface area contributed by atoms with Gasteiger partial charge in [0.2, 0.25) is 5.78 Å². The number of carbonyl (C=O) groups excluding carboxylic acids is 2. The Morgan fingerprint density at radius 2 is 1.70 bits per heavy atom. The van der Waals surface area contributed by atoms with Gasteiger partial charge >= 0.3 is 13.6 Å². The number of carbonyl (C=O) groups is 2. The number of nitrogens with one attached hydrogen (secondary N) is 2. The minimum absolute atomic E-state index is 0.0440. The Bertz CT molecular complexity index is 581. The Labute approximate surface area is 135 Å². The lowest BCUT2D eigenvalue weighted by Crippen LogP contribution is -2.46. The van der Waals surface area contributed by atoms with Gasteiger partial charge in [0.25, 0.3) is 5.91 Å². The maximum atomic E-state index is 12.6. The summed E-state index contributed by atoms with van der Waals surface area (Å²) >= 11 is 0. The van der Waals surface area contributed by atoms with Gasteiger partial charge in [0, 0.05) is 5.69 Å². The van der Waals surface area contributed by atoms with Crippen LogP contribution in [0.2, 0.25) is 0 Å². The fraction of sp³-hybridized carbons (Fsp3) is 0.429. The van der Waals surface area contributed by atoms with Crippen LogP contribution in [-0.2, 0) is 18.4 Å². The fourth-order valence-electron chi connectivity index (χ4n) is 1.78. The van der Waals surface area contributed by atoms with Crippen LogP contribution in [0.1, 0.15) is 19.4 Å². The van der Waals surface area contributed by atoms with Crippen LogP contribution in [-0.4, -0.2) is 30.9 Å². The summed E-state index contributed by atoms with van der Waals surface area (Å²) in [5.41, 5.74) is 6.77. The van der Waals surface area contributed by atoms with E-state index in [2.05, 4.69) is 10.6 Å². The maximum Gasteiger partial charge on any atom is 0.362 e. The maximum absolute atomic E-state index is 12.6. The zero-order chi connectivity index (χ0) is 17.5. The fourth-order valence-corrected chi connectivity index (χ4v) is 3.46. The SMILES string of the molecule is CCOP(=O)(OCC)[C@@H](NC(=O)Nc1ccc(C)cc1)C(N)=O. The number of hydrogen-bond acceptors (Lipinski definition) is 5. The van der Waals surface area contributed by atoms with Crippen molar-refractivity contribution in [2.75, 3.05) is 18.5 Å². The molecular weight excluding hydrogens is 321 g/mol. The number of aryl methyl sites for hydroxylation is 1. The van der Waals surface area contributed by atoms with Crippen LogP contribution in [0.3, 0.4) is 0 Å². The summed E-state index contributed by atoms with van der Waals surface area (Å²) in [4.78, 5) is 23.6. The minimum atomic E-state index is -3.90. The van der Waals surface area contributed by atoms with E-state index in [1.807, 2.05) is 19.1 Å². The zero-order valence-electron chi connectivity index (χ0n) is 13.4. The number of hydrogen-bond donors (Lipinski definition) is 3. The van der Waals surface area contributed by atoms with E-state index in [0.717, 1.165) is 5.56 Å². The molecule has 0 bridgehead atoms. The number of benzene rings is 1. The summed E-state index contributed by atoms with van der Waals surface area (Å²) in [6, 6.07) is 6.27. The van der Waals surface area contributed by atoms with Gasteiger partial charge in [-0.15, -0.1) is 0 Å². The molecule has 0 saturated heterocycles. The van der Waals surface area contributed by atoms with Crippen LogP contribution < -0.4 is 16.4 Å². The Hall–Kier alpha value is -1.89. The van der Waals surface area contributed by atoms with Crippen molar-refractivity contribution in [3.05, 3.63) is 29.8 Å². The molecule has 4 N–H and O–H groups in total. The third-order valence-corrected chi connectivity index (χ3v) is 5.03. The summed E-state index contributed by atoms with van der Waals surface area (Å²) in [6.07, 6.45) is 0. The number of amides is 3. The second kappa shape index (κ2) is 8.67. The molecule has 0 spiro atoms. The normalized spacial score (nSPS) is 12.5. The lowest BCUT2D eigenvalue weighted by molar-refractivity contribution is -0.118. The molecule has 0 radical (unpaired) electrons. The molecule has 1 aromatic carbocycles. The third-order valence-electron chi connectivity index (χ3n) is 2.78. The van der Waals surface area contributed by atoms with Crippen LogP contribution in [0.15, 0.2) is 24.3 Å². The Morgan fingerprint density at radius 3 is 2.13 bits per heavy atom. The number of primary amides is 1. The molecule has 8 nitrogen and oxygen atoms in total. The van der Waals surface area contributed by atoms with Crippen molar-refractivity contribution >= 4 is 25.2 Å². The van der Waals surface area contributed by atoms with E-state index in [4.69, 9.17) is 14.8 Å². The molecule has 0 fully saturated rings. The number of rotatable bonds is 8. The number of nitrogens with two attached hydrogens (primary N) is 1. The second-order valence-corrected chi connectivity index (χ2v) is 6.76. The third kappa shape index (κ3) is 5.67. The van der Waals surface area contributed by atoms with Crippen LogP contribution >= 0.6 is 7.60 Å². The summed E-state index contributed by atoms with van der Waals surface area (Å²) in [6.45, 7) is 5.18. The van der Waals surface area contributed by atoms with Gasteiger partial charge in [-0.2, -0.15) is 0 Å². The molecule has 128 valence electrons. The highest BCUT2D eigenvalue weighted by molar-refractivity contribution is 7.55. The Morgan fingerprint density at radius 1 is 1.17 bits per heavy atom.